The van der Waals surface area contributed by atoms with Gasteiger partial charge in [0.1, 0.15) is 13.2 Å². The molecule has 0 aromatic rings. The van der Waals surface area contributed by atoms with Crippen molar-refractivity contribution in [2.75, 3.05) is 13.2 Å². The smallest absolute Gasteiger partial charge is 0.306 e. The van der Waals surface area contributed by atoms with Crippen LogP contribution in [0, 0.1) is 11.8 Å². The zero-order valence-corrected chi connectivity index (χ0v) is 41.8. The molecule has 0 heterocycles. The summed E-state index contributed by atoms with van der Waals surface area (Å²) < 4.78 is 16.8. The van der Waals surface area contributed by atoms with E-state index < -0.39 is 6.10 Å². The quantitative estimate of drug-likeness (QED) is 0.0344. The van der Waals surface area contributed by atoms with Crippen LogP contribution in [0.4, 0.5) is 0 Å². The molecule has 0 aliphatic rings. The van der Waals surface area contributed by atoms with E-state index in [1.165, 1.54) is 193 Å². The van der Waals surface area contributed by atoms with Gasteiger partial charge in [0.05, 0.1) is 0 Å². The molecule has 0 aromatic heterocycles. The number of hydrogen-bond acceptors (Lipinski definition) is 6. The van der Waals surface area contributed by atoms with Gasteiger partial charge in [-0.2, -0.15) is 0 Å². The highest BCUT2D eigenvalue weighted by Gasteiger charge is 2.19. The fourth-order valence-electron chi connectivity index (χ4n) is 8.34. The molecule has 0 amide bonds. The standard InChI is InChI=1S/C55H106O6/c1-6-7-8-9-10-11-12-13-16-19-25-30-35-40-45-53(56)59-48-52(49-60-54(57)46-41-36-31-26-22-21-24-29-34-39-44-51(4)5)61-55(58)47-42-37-32-27-20-17-14-15-18-23-28-33-38-43-50(2)3/h50-52H,6-49H2,1-5H3/t52-/m1/s1. The summed E-state index contributed by atoms with van der Waals surface area (Å²) in [5, 5.41) is 0. The van der Waals surface area contributed by atoms with Crippen molar-refractivity contribution < 1.29 is 28.6 Å². The number of ether oxygens (including phenoxy) is 3. The highest BCUT2D eigenvalue weighted by Crippen LogP contribution is 2.18. The van der Waals surface area contributed by atoms with E-state index in [4.69, 9.17) is 14.2 Å². The highest BCUT2D eigenvalue weighted by molar-refractivity contribution is 5.71. The van der Waals surface area contributed by atoms with Crippen molar-refractivity contribution in [2.24, 2.45) is 11.8 Å². The first-order valence-electron chi connectivity index (χ1n) is 27.2. The molecule has 6 nitrogen and oxygen atoms in total. The first kappa shape index (κ1) is 59.4. The van der Waals surface area contributed by atoms with Crippen molar-refractivity contribution in [3.8, 4) is 0 Å². The van der Waals surface area contributed by atoms with Crippen LogP contribution in [0.3, 0.4) is 0 Å². The van der Waals surface area contributed by atoms with Crippen LogP contribution in [-0.4, -0.2) is 37.2 Å². The summed E-state index contributed by atoms with van der Waals surface area (Å²) in [5.74, 6) is 0.813. The van der Waals surface area contributed by atoms with Gasteiger partial charge < -0.3 is 14.2 Å². The normalized spacial score (nSPS) is 12.0. The van der Waals surface area contributed by atoms with E-state index >= 15 is 0 Å². The van der Waals surface area contributed by atoms with Gasteiger partial charge in [-0.1, -0.05) is 266 Å². The van der Waals surface area contributed by atoms with E-state index in [0.29, 0.717) is 19.3 Å². The predicted octanol–water partition coefficient (Wildman–Crippen LogP) is 17.7. The number of carbonyl (C=O) groups excluding carboxylic acids is 3. The van der Waals surface area contributed by atoms with E-state index in [-0.39, 0.29) is 31.1 Å². The number of esters is 3. The molecule has 0 fully saturated rings. The monoisotopic (exact) mass is 863 g/mol. The maximum Gasteiger partial charge on any atom is 0.306 e. The van der Waals surface area contributed by atoms with Crippen LogP contribution in [0.15, 0.2) is 0 Å². The van der Waals surface area contributed by atoms with Crippen molar-refractivity contribution in [3.05, 3.63) is 0 Å². The Morgan fingerprint density at radius 1 is 0.311 bits per heavy atom. The molecule has 362 valence electrons. The maximum absolute atomic E-state index is 12.8. The maximum atomic E-state index is 12.8. The Bertz CT molecular complexity index is 931. The van der Waals surface area contributed by atoms with Crippen molar-refractivity contribution in [1.29, 1.82) is 0 Å². The molecule has 0 radical (unpaired) electrons. The lowest BCUT2D eigenvalue weighted by Gasteiger charge is -2.18. The number of carbonyl (C=O) groups is 3. The third-order valence-electron chi connectivity index (χ3n) is 12.5. The summed E-state index contributed by atoms with van der Waals surface area (Å²) in [6.07, 6.45) is 49.4. The number of rotatable bonds is 49. The Kier molecular flexibility index (Phi) is 46.6. The van der Waals surface area contributed by atoms with Crippen LogP contribution in [0.1, 0.15) is 304 Å². The van der Waals surface area contributed by atoms with E-state index in [1.54, 1.807) is 0 Å². The molecule has 0 saturated heterocycles. The molecule has 0 aromatic carbocycles. The van der Waals surface area contributed by atoms with E-state index in [0.717, 1.165) is 69.6 Å². The third kappa shape index (κ3) is 49.3. The number of hydrogen-bond donors (Lipinski definition) is 0. The minimum atomic E-state index is -0.762. The average Bonchev–Trinajstić information content (AvgIpc) is 3.23. The lowest BCUT2D eigenvalue weighted by molar-refractivity contribution is -0.167. The Balaban J connectivity index is 4.31. The van der Waals surface area contributed by atoms with E-state index in [2.05, 4.69) is 34.6 Å². The van der Waals surface area contributed by atoms with Crippen LogP contribution in [0.5, 0.6) is 0 Å². The van der Waals surface area contributed by atoms with E-state index in [9.17, 15) is 14.4 Å². The topological polar surface area (TPSA) is 78.9 Å². The second-order valence-corrected chi connectivity index (χ2v) is 19.8. The lowest BCUT2D eigenvalue weighted by atomic mass is 10.0. The van der Waals surface area contributed by atoms with Gasteiger partial charge in [0.15, 0.2) is 6.10 Å². The first-order valence-corrected chi connectivity index (χ1v) is 27.2. The van der Waals surface area contributed by atoms with Gasteiger partial charge in [-0.15, -0.1) is 0 Å². The van der Waals surface area contributed by atoms with Crippen LogP contribution in [0.25, 0.3) is 0 Å². The van der Waals surface area contributed by atoms with Gasteiger partial charge >= 0.3 is 17.9 Å². The Morgan fingerprint density at radius 3 is 0.803 bits per heavy atom. The summed E-state index contributed by atoms with van der Waals surface area (Å²) in [5.41, 5.74) is 0. The fraction of sp³-hybridized carbons (Fsp3) is 0.945. The van der Waals surface area contributed by atoms with Crippen molar-refractivity contribution in [1.82, 2.24) is 0 Å². The van der Waals surface area contributed by atoms with Crippen LogP contribution in [-0.2, 0) is 28.6 Å². The summed E-state index contributed by atoms with van der Waals surface area (Å²) in [6, 6.07) is 0. The molecule has 6 heteroatoms. The molecule has 0 unspecified atom stereocenters. The van der Waals surface area contributed by atoms with Crippen LogP contribution in [0.2, 0.25) is 0 Å². The van der Waals surface area contributed by atoms with Gasteiger partial charge in [-0.3, -0.25) is 14.4 Å². The van der Waals surface area contributed by atoms with Crippen molar-refractivity contribution >= 4 is 17.9 Å². The van der Waals surface area contributed by atoms with Crippen molar-refractivity contribution in [2.45, 2.75) is 310 Å². The molecule has 61 heavy (non-hydrogen) atoms. The highest BCUT2D eigenvalue weighted by atomic mass is 16.6. The Morgan fingerprint density at radius 2 is 0.541 bits per heavy atom. The second kappa shape index (κ2) is 47.9. The molecule has 0 bridgehead atoms. The zero-order chi connectivity index (χ0) is 44.7. The summed E-state index contributed by atoms with van der Waals surface area (Å²) in [4.78, 5) is 38.0. The molecule has 0 aliphatic heterocycles. The van der Waals surface area contributed by atoms with Gasteiger partial charge in [0.2, 0.25) is 0 Å². The molecular weight excluding hydrogens is 757 g/mol. The Labute approximate surface area is 380 Å². The number of unbranched alkanes of at least 4 members (excludes halogenated alkanes) is 34. The fourth-order valence-corrected chi connectivity index (χ4v) is 8.34. The molecule has 0 aliphatic carbocycles. The summed E-state index contributed by atoms with van der Waals surface area (Å²) in [6.45, 7) is 11.4. The summed E-state index contributed by atoms with van der Waals surface area (Å²) >= 11 is 0. The predicted molar refractivity (Wildman–Crippen MR) is 261 cm³/mol. The molecule has 0 spiro atoms. The summed E-state index contributed by atoms with van der Waals surface area (Å²) in [7, 11) is 0. The second-order valence-electron chi connectivity index (χ2n) is 19.8. The van der Waals surface area contributed by atoms with Crippen molar-refractivity contribution in [3.63, 3.8) is 0 Å². The average molecular weight is 863 g/mol. The molecule has 0 rings (SSSR count). The van der Waals surface area contributed by atoms with Gasteiger partial charge in [-0.05, 0) is 31.1 Å². The SMILES string of the molecule is CCCCCCCCCCCCCCCCC(=O)OC[C@H](COC(=O)CCCCCCCCCCCCC(C)C)OC(=O)CCCCCCCCCCCCCCCC(C)C. The molecular formula is C55H106O6. The molecule has 1 atom stereocenters. The zero-order valence-electron chi connectivity index (χ0n) is 41.8. The third-order valence-corrected chi connectivity index (χ3v) is 12.5. The van der Waals surface area contributed by atoms with Crippen LogP contribution < -0.4 is 0 Å². The van der Waals surface area contributed by atoms with E-state index in [1.807, 2.05) is 0 Å². The lowest BCUT2D eigenvalue weighted by Crippen LogP contribution is -2.30. The molecule has 0 saturated carbocycles. The molecule has 0 N–H and O–H groups in total. The minimum absolute atomic E-state index is 0.0632. The van der Waals surface area contributed by atoms with Gasteiger partial charge in [0, 0.05) is 19.3 Å². The first-order chi connectivity index (χ1) is 29.7. The minimum Gasteiger partial charge on any atom is -0.462 e. The van der Waals surface area contributed by atoms with Gasteiger partial charge in [0.25, 0.3) is 0 Å². The largest absolute Gasteiger partial charge is 0.462 e. The Hall–Kier alpha value is -1.59. The van der Waals surface area contributed by atoms with Gasteiger partial charge in [-0.25, -0.2) is 0 Å². The van der Waals surface area contributed by atoms with Crippen LogP contribution >= 0.6 is 0 Å².